The van der Waals surface area contributed by atoms with Gasteiger partial charge in [-0.25, -0.2) is 0 Å². The van der Waals surface area contributed by atoms with E-state index < -0.39 is 5.60 Å². The Hall–Kier alpha value is -1.42. The van der Waals surface area contributed by atoms with Crippen LogP contribution in [0.15, 0.2) is 18.5 Å². The van der Waals surface area contributed by atoms with Crippen LogP contribution in [0.1, 0.15) is 54.9 Å². The second-order valence-corrected chi connectivity index (χ2v) is 6.01. The molecule has 1 aromatic heterocycles. The van der Waals surface area contributed by atoms with Crippen LogP contribution in [0, 0.1) is 12.8 Å². The maximum atomic E-state index is 12.0. The number of hydrogen-bond acceptors (Lipinski definition) is 3. The topological polar surface area (TPSA) is 62.2 Å². The molecule has 20 heavy (non-hydrogen) atoms. The Morgan fingerprint density at radius 3 is 2.75 bits per heavy atom. The predicted molar refractivity (Wildman–Crippen MR) is 78.5 cm³/mol. The third kappa shape index (κ3) is 3.79. The Morgan fingerprint density at radius 2 is 2.15 bits per heavy atom. The first-order chi connectivity index (χ1) is 9.52. The Kier molecular flexibility index (Phi) is 4.76. The van der Waals surface area contributed by atoms with E-state index in [2.05, 4.69) is 17.2 Å². The van der Waals surface area contributed by atoms with Gasteiger partial charge in [-0.2, -0.15) is 0 Å². The molecule has 0 atom stereocenters. The number of aliphatic hydroxyl groups is 1. The number of carbonyl (C=O) groups is 1. The molecule has 0 spiro atoms. The van der Waals surface area contributed by atoms with Crippen molar-refractivity contribution in [3.8, 4) is 0 Å². The Morgan fingerprint density at radius 1 is 1.45 bits per heavy atom. The third-order valence-electron chi connectivity index (χ3n) is 4.33. The molecule has 2 rings (SSSR count). The molecule has 110 valence electrons. The van der Waals surface area contributed by atoms with Crippen molar-refractivity contribution in [1.82, 2.24) is 10.3 Å². The van der Waals surface area contributed by atoms with Gasteiger partial charge in [0.1, 0.15) is 0 Å². The molecule has 0 aromatic carbocycles. The minimum Gasteiger partial charge on any atom is -0.388 e. The average molecular weight is 276 g/mol. The van der Waals surface area contributed by atoms with Gasteiger partial charge in [-0.15, -0.1) is 0 Å². The first kappa shape index (κ1) is 15.0. The van der Waals surface area contributed by atoms with E-state index in [4.69, 9.17) is 0 Å². The fourth-order valence-corrected chi connectivity index (χ4v) is 2.83. The van der Waals surface area contributed by atoms with Crippen LogP contribution in [-0.4, -0.2) is 28.1 Å². The van der Waals surface area contributed by atoms with Gasteiger partial charge in [0, 0.05) is 18.9 Å². The van der Waals surface area contributed by atoms with Gasteiger partial charge in [0.05, 0.1) is 11.2 Å². The molecular formula is C16H24N2O2. The Labute approximate surface area is 120 Å². The SMILES string of the molecule is CCC1CCC(O)(CNC(=O)c2cncc(C)c2)CC1. The summed E-state index contributed by atoms with van der Waals surface area (Å²) >= 11 is 0. The molecule has 1 amide bonds. The molecule has 1 saturated carbocycles. The number of rotatable bonds is 4. The van der Waals surface area contributed by atoms with Crippen molar-refractivity contribution in [3.63, 3.8) is 0 Å². The number of aromatic nitrogens is 1. The van der Waals surface area contributed by atoms with E-state index in [1.165, 1.54) is 6.42 Å². The van der Waals surface area contributed by atoms with Crippen LogP contribution < -0.4 is 5.32 Å². The Balaban J connectivity index is 1.87. The second-order valence-electron chi connectivity index (χ2n) is 6.01. The summed E-state index contributed by atoms with van der Waals surface area (Å²) in [5.74, 6) is 0.569. The lowest BCUT2D eigenvalue weighted by Crippen LogP contribution is -2.45. The molecule has 4 heteroatoms. The van der Waals surface area contributed by atoms with Crippen molar-refractivity contribution < 1.29 is 9.90 Å². The number of hydrogen-bond donors (Lipinski definition) is 2. The number of nitrogens with one attached hydrogen (secondary N) is 1. The molecule has 1 fully saturated rings. The molecule has 0 radical (unpaired) electrons. The van der Waals surface area contributed by atoms with E-state index in [1.807, 2.05) is 6.92 Å². The summed E-state index contributed by atoms with van der Waals surface area (Å²) in [5, 5.41) is 13.3. The zero-order chi connectivity index (χ0) is 14.6. The smallest absolute Gasteiger partial charge is 0.252 e. The summed E-state index contributed by atoms with van der Waals surface area (Å²) in [5.41, 5.74) is 0.772. The van der Waals surface area contributed by atoms with E-state index in [0.717, 1.165) is 37.2 Å². The summed E-state index contributed by atoms with van der Waals surface area (Å²) in [4.78, 5) is 16.1. The standard InChI is InChI=1S/C16H24N2O2/c1-3-13-4-6-16(20,7-5-13)11-18-15(19)14-8-12(2)9-17-10-14/h8-10,13,20H,3-7,11H2,1-2H3,(H,18,19). The zero-order valence-electron chi connectivity index (χ0n) is 12.4. The monoisotopic (exact) mass is 276 g/mol. The molecule has 1 aliphatic rings. The molecule has 1 heterocycles. The number of amides is 1. The lowest BCUT2D eigenvalue weighted by molar-refractivity contribution is -0.00786. The number of aryl methyl sites for hydroxylation is 1. The minimum atomic E-state index is -0.738. The summed E-state index contributed by atoms with van der Waals surface area (Å²) in [6, 6.07) is 1.81. The first-order valence-corrected chi connectivity index (χ1v) is 7.44. The molecule has 0 saturated heterocycles. The van der Waals surface area contributed by atoms with Crippen molar-refractivity contribution in [2.75, 3.05) is 6.54 Å². The largest absolute Gasteiger partial charge is 0.388 e. The van der Waals surface area contributed by atoms with Gasteiger partial charge < -0.3 is 10.4 Å². The highest BCUT2D eigenvalue weighted by Gasteiger charge is 2.32. The van der Waals surface area contributed by atoms with Crippen molar-refractivity contribution in [2.24, 2.45) is 5.92 Å². The highest BCUT2D eigenvalue weighted by Crippen LogP contribution is 2.33. The zero-order valence-corrected chi connectivity index (χ0v) is 12.4. The molecule has 4 nitrogen and oxygen atoms in total. The molecule has 1 aromatic rings. The number of nitrogens with zero attached hydrogens (tertiary/aromatic N) is 1. The maximum absolute atomic E-state index is 12.0. The van der Waals surface area contributed by atoms with Crippen LogP contribution >= 0.6 is 0 Å². The molecule has 0 bridgehead atoms. The van der Waals surface area contributed by atoms with Crippen LogP contribution in [0.5, 0.6) is 0 Å². The van der Waals surface area contributed by atoms with Gasteiger partial charge in [-0.05, 0) is 50.2 Å². The van der Waals surface area contributed by atoms with Crippen LogP contribution in [0.25, 0.3) is 0 Å². The lowest BCUT2D eigenvalue weighted by Gasteiger charge is -2.35. The number of pyridine rings is 1. The molecule has 2 N–H and O–H groups in total. The quantitative estimate of drug-likeness (QED) is 0.888. The van der Waals surface area contributed by atoms with Gasteiger partial charge in [-0.1, -0.05) is 13.3 Å². The van der Waals surface area contributed by atoms with Crippen molar-refractivity contribution in [2.45, 2.75) is 51.6 Å². The molecular weight excluding hydrogens is 252 g/mol. The van der Waals surface area contributed by atoms with Gasteiger partial charge in [-0.3, -0.25) is 9.78 Å². The van der Waals surface area contributed by atoms with Crippen LogP contribution in [0.2, 0.25) is 0 Å². The van der Waals surface area contributed by atoms with E-state index >= 15 is 0 Å². The highest BCUT2D eigenvalue weighted by molar-refractivity contribution is 5.94. The fraction of sp³-hybridized carbons (Fsp3) is 0.625. The van der Waals surface area contributed by atoms with Crippen LogP contribution in [0.3, 0.4) is 0 Å². The van der Waals surface area contributed by atoms with E-state index in [9.17, 15) is 9.90 Å². The second kappa shape index (κ2) is 6.35. The summed E-state index contributed by atoms with van der Waals surface area (Å²) in [6.07, 6.45) is 8.10. The maximum Gasteiger partial charge on any atom is 0.252 e. The van der Waals surface area contributed by atoms with Crippen LogP contribution in [-0.2, 0) is 0 Å². The normalized spacial score (nSPS) is 26.2. The first-order valence-electron chi connectivity index (χ1n) is 7.44. The van der Waals surface area contributed by atoms with E-state index in [-0.39, 0.29) is 5.91 Å². The molecule has 1 aliphatic carbocycles. The Bertz CT molecular complexity index is 465. The lowest BCUT2D eigenvalue weighted by atomic mass is 9.78. The summed E-state index contributed by atoms with van der Waals surface area (Å²) in [6.45, 7) is 4.43. The molecule has 0 unspecified atom stereocenters. The summed E-state index contributed by atoms with van der Waals surface area (Å²) < 4.78 is 0. The fourth-order valence-electron chi connectivity index (χ4n) is 2.83. The van der Waals surface area contributed by atoms with Crippen LogP contribution in [0.4, 0.5) is 0 Å². The third-order valence-corrected chi connectivity index (χ3v) is 4.33. The van der Waals surface area contributed by atoms with E-state index in [1.54, 1.807) is 18.5 Å². The minimum absolute atomic E-state index is 0.160. The van der Waals surface area contributed by atoms with E-state index in [0.29, 0.717) is 12.1 Å². The van der Waals surface area contributed by atoms with Crippen molar-refractivity contribution in [1.29, 1.82) is 0 Å². The van der Waals surface area contributed by atoms with Gasteiger partial charge >= 0.3 is 0 Å². The predicted octanol–water partition coefficient (Wildman–Crippen LogP) is 2.45. The average Bonchev–Trinajstić information content (AvgIpc) is 2.46. The highest BCUT2D eigenvalue weighted by atomic mass is 16.3. The van der Waals surface area contributed by atoms with Crippen molar-refractivity contribution >= 4 is 5.91 Å². The number of carbonyl (C=O) groups excluding carboxylic acids is 1. The van der Waals surface area contributed by atoms with Gasteiger partial charge in [0.15, 0.2) is 0 Å². The molecule has 0 aliphatic heterocycles. The van der Waals surface area contributed by atoms with Gasteiger partial charge in [0.25, 0.3) is 5.91 Å². The summed E-state index contributed by atoms with van der Waals surface area (Å²) in [7, 11) is 0. The van der Waals surface area contributed by atoms with Crippen molar-refractivity contribution in [3.05, 3.63) is 29.6 Å². The van der Waals surface area contributed by atoms with Gasteiger partial charge in [0.2, 0.25) is 0 Å².